The molecule has 8 heteroatoms. The summed E-state index contributed by atoms with van der Waals surface area (Å²) in [6, 6.07) is 0. The van der Waals surface area contributed by atoms with E-state index in [0.717, 1.165) is 32.2 Å². The molecule has 250 valence electrons. The van der Waals surface area contributed by atoms with Crippen molar-refractivity contribution in [1.82, 2.24) is 9.65 Å². The van der Waals surface area contributed by atoms with Crippen LogP contribution in [-0.2, 0) is 27.2 Å². The van der Waals surface area contributed by atoms with Gasteiger partial charge in [-0.25, -0.2) is 18.8 Å². The number of aromatic nitrogens is 2. The maximum Gasteiger partial charge on any atom is 0.405 e. The Morgan fingerprint density at radius 2 is 0.976 bits per heavy atom. The lowest BCUT2D eigenvalue weighted by Gasteiger charge is -2.19. The first-order valence-electron chi connectivity index (χ1n) is 17.7. The predicted molar refractivity (Wildman–Crippen MR) is 175 cm³/mol. The zero-order chi connectivity index (χ0) is 29.7. The van der Waals surface area contributed by atoms with Gasteiger partial charge in [0.2, 0.25) is 6.33 Å². The summed E-state index contributed by atoms with van der Waals surface area (Å²) in [7, 11) is -1.28. The highest BCUT2D eigenvalue weighted by molar-refractivity contribution is 7.51. The zero-order valence-corrected chi connectivity index (χ0v) is 31.0. The highest BCUT2D eigenvalue weighted by Crippen LogP contribution is 2.44. The number of aryl methyl sites for hydroxylation is 1. The van der Waals surface area contributed by atoms with Crippen LogP contribution in [0.4, 0.5) is 0 Å². The summed E-state index contributed by atoms with van der Waals surface area (Å²) < 4.78 is 29.3. The molecule has 0 aliphatic heterocycles. The molecule has 0 radical (unpaired) electrons. The Morgan fingerprint density at radius 1 is 0.619 bits per heavy atom. The summed E-state index contributed by atoms with van der Waals surface area (Å²) >= 11 is 0. The van der Waals surface area contributed by atoms with Gasteiger partial charge in [0.15, 0.2) is 0 Å². The Labute approximate surface area is 278 Å². The Hall–Kier alpha value is 0.0500. The molecule has 0 atom stereocenters. The van der Waals surface area contributed by atoms with Crippen LogP contribution in [0.2, 0.25) is 0 Å². The quantitative estimate of drug-likeness (QED) is 0.0363. The van der Waals surface area contributed by atoms with Crippen molar-refractivity contribution in [3.05, 3.63) is 18.7 Å². The van der Waals surface area contributed by atoms with E-state index in [9.17, 15) is 4.57 Å². The summed E-state index contributed by atoms with van der Waals surface area (Å²) in [6.07, 6.45) is 37.3. The molecule has 42 heavy (non-hydrogen) atoms. The van der Waals surface area contributed by atoms with E-state index in [1.165, 1.54) is 128 Å². The predicted octanol–water partition coefficient (Wildman–Crippen LogP) is 7.45. The van der Waals surface area contributed by atoms with Crippen molar-refractivity contribution >= 4 is 7.75 Å². The molecule has 1 rings (SSSR count). The molecule has 1 N–H and O–H groups in total. The molecule has 0 spiro atoms. The third kappa shape index (κ3) is 26.5. The lowest BCUT2D eigenvalue weighted by Crippen LogP contribution is -3.00. The molecule has 6 nitrogen and oxygen atoms in total. The van der Waals surface area contributed by atoms with Gasteiger partial charge in [-0.2, -0.15) is 0 Å². The molecule has 0 saturated heterocycles. The van der Waals surface area contributed by atoms with E-state index in [4.69, 9.17) is 9.05 Å². The summed E-state index contributed by atoms with van der Waals surface area (Å²) in [6.45, 7) is 6.84. The first kappa shape index (κ1) is 42.0. The van der Waals surface area contributed by atoms with Crippen LogP contribution in [0.1, 0.15) is 168 Å². The van der Waals surface area contributed by atoms with Crippen LogP contribution in [0.5, 0.6) is 0 Å². The standard InChI is InChI=1S/C34H69N3O3P.HI/c1-4-6-8-10-12-14-16-18-20-22-24-26-32-39-41(38,35-28-29-37-31-30-36(3)34-37)40-33-27-25-23-21-19-17-15-13-11-9-7-5-2;/h30-31,34H,4-29,32-33H2,1-3H3,(H,35,38);1H/q+1;/p-1. The molecule has 0 fully saturated rings. The van der Waals surface area contributed by atoms with E-state index in [2.05, 4.69) is 23.5 Å². The number of nitrogens with one attached hydrogen (secondary N) is 1. The van der Waals surface area contributed by atoms with Gasteiger partial charge >= 0.3 is 7.75 Å². The van der Waals surface area contributed by atoms with Crippen LogP contribution in [0.3, 0.4) is 0 Å². The summed E-state index contributed by atoms with van der Waals surface area (Å²) in [5, 5.41) is 3.12. The van der Waals surface area contributed by atoms with Crippen LogP contribution in [-0.4, -0.2) is 24.3 Å². The largest absolute Gasteiger partial charge is 1.00 e. The van der Waals surface area contributed by atoms with Crippen LogP contribution >= 0.6 is 7.75 Å². The molecule has 0 amide bonds. The smallest absolute Gasteiger partial charge is 0.405 e. The van der Waals surface area contributed by atoms with Crippen molar-refractivity contribution < 1.29 is 42.2 Å². The Kier molecular flexibility index (Phi) is 31.1. The highest BCUT2D eigenvalue weighted by Gasteiger charge is 2.24. The Morgan fingerprint density at radius 3 is 1.31 bits per heavy atom. The third-order valence-electron chi connectivity index (χ3n) is 8.02. The van der Waals surface area contributed by atoms with Gasteiger partial charge < -0.3 is 24.0 Å². The normalized spacial score (nSPS) is 11.7. The van der Waals surface area contributed by atoms with Crippen molar-refractivity contribution in [1.29, 1.82) is 0 Å². The average Bonchev–Trinajstić information content (AvgIpc) is 3.38. The third-order valence-corrected chi connectivity index (χ3v) is 9.67. The number of rotatable bonds is 32. The Bertz CT molecular complexity index is 701. The zero-order valence-electron chi connectivity index (χ0n) is 28.0. The fourth-order valence-electron chi connectivity index (χ4n) is 5.33. The number of halogens is 1. The highest BCUT2D eigenvalue weighted by atomic mass is 127. The van der Waals surface area contributed by atoms with Gasteiger partial charge in [-0.1, -0.05) is 155 Å². The minimum Gasteiger partial charge on any atom is -1.00 e. The van der Waals surface area contributed by atoms with Crippen molar-refractivity contribution in [2.24, 2.45) is 7.05 Å². The maximum absolute atomic E-state index is 13.4. The van der Waals surface area contributed by atoms with E-state index < -0.39 is 7.75 Å². The molecular weight excluding hydrogens is 656 g/mol. The Balaban J connectivity index is 0.0000168. The molecule has 0 bridgehead atoms. The molecule has 0 aliphatic rings. The van der Waals surface area contributed by atoms with Gasteiger partial charge in [0.25, 0.3) is 0 Å². The molecule has 1 heterocycles. The van der Waals surface area contributed by atoms with Gasteiger partial charge in [-0.05, 0) is 12.8 Å². The lowest BCUT2D eigenvalue weighted by molar-refractivity contribution is -0.671. The van der Waals surface area contributed by atoms with Gasteiger partial charge in [0, 0.05) is 6.54 Å². The maximum atomic E-state index is 13.4. The van der Waals surface area contributed by atoms with Crippen LogP contribution < -0.4 is 33.6 Å². The summed E-state index contributed by atoms with van der Waals surface area (Å²) in [5.74, 6) is 0. The van der Waals surface area contributed by atoms with E-state index in [1.54, 1.807) is 0 Å². The number of hydrogen-bond acceptors (Lipinski definition) is 3. The number of imidazole rings is 1. The first-order chi connectivity index (χ1) is 20.1. The second-order valence-corrected chi connectivity index (χ2v) is 14.0. The van der Waals surface area contributed by atoms with Crippen LogP contribution in [0.15, 0.2) is 18.7 Å². The lowest BCUT2D eigenvalue weighted by atomic mass is 10.1. The molecule has 0 unspecified atom stereocenters. The SMILES string of the molecule is CCCCCCCCCCCCCCOP(=O)(NCCn1cc[n+](C)c1)OCCCCCCCCCCCCCC.[I-]. The minimum absolute atomic E-state index is 0. The van der Waals surface area contributed by atoms with Crippen molar-refractivity contribution in [3.8, 4) is 0 Å². The second kappa shape index (κ2) is 31.0. The van der Waals surface area contributed by atoms with Crippen LogP contribution in [0, 0.1) is 0 Å². The molecule has 1 aromatic heterocycles. The van der Waals surface area contributed by atoms with Crippen molar-refractivity contribution in [3.63, 3.8) is 0 Å². The summed E-state index contributed by atoms with van der Waals surface area (Å²) in [5.41, 5.74) is 0. The molecule has 1 aromatic rings. The second-order valence-electron chi connectivity index (χ2n) is 12.2. The topological polar surface area (TPSA) is 56.4 Å². The number of hydrogen-bond donors (Lipinski definition) is 1. The van der Waals surface area contributed by atoms with Crippen molar-refractivity contribution in [2.45, 2.75) is 174 Å². The average molecular weight is 726 g/mol. The fraction of sp³-hybridized carbons (Fsp3) is 0.912. The number of unbranched alkanes of at least 4 members (excludes halogenated alkanes) is 22. The van der Waals surface area contributed by atoms with E-state index in [1.807, 2.05) is 30.3 Å². The van der Waals surface area contributed by atoms with Gasteiger partial charge in [0.05, 0.1) is 20.3 Å². The molecule has 0 aromatic carbocycles. The van der Waals surface area contributed by atoms with E-state index >= 15 is 0 Å². The fourth-order valence-corrected chi connectivity index (χ4v) is 6.70. The van der Waals surface area contributed by atoms with Crippen LogP contribution in [0.25, 0.3) is 0 Å². The molecular formula is C34H69IN3O3P. The van der Waals surface area contributed by atoms with E-state index in [0.29, 0.717) is 19.8 Å². The first-order valence-corrected chi connectivity index (χ1v) is 19.3. The van der Waals surface area contributed by atoms with Gasteiger partial charge in [-0.3, -0.25) is 9.05 Å². The molecule has 0 saturated carbocycles. The van der Waals surface area contributed by atoms with Gasteiger partial charge in [-0.15, -0.1) is 0 Å². The minimum atomic E-state index is -3.28. The molecule has 0 aliphatic carbocycles. The monoisotopic (exact) mass is 725 g/mol. The van der Waals surface area contributed by atoms with Crippen molar-refractivity contribution in [2.75, 3.05) is 19.8 Å². The van der Waals surface area contributed by atoms with Gasteiger partial charge in [0.1, 0.15) is 18.9 Å². The summed E-state index contributed by atoms with van der Waals surface area (Å²) in [4.78, 5) is 0. The number of nitrogens with zero attached hydrogens (tertiary/aromatic N) is 2. The van der Waals surface area contributed by atoms with E-state index in [-0.39, 0.29) is 24.0 Å².